The number of aliphatic carboxylic acids is 1. The summed E-state index contributed by atoms with van der Waals surface area (Å²) >= 11 is 0. The van der Waals surface area contributed by atoms with Crippen molar-refractivity contribution in [1.82, 2.24) is 0 Å². The summed E-state index contributed by atoms with van der Waals surface area (Å²) in [5, 5.41) is 9.35. The Morgan fingerprint density at radius 1 is 1.28 bits per heavy atom. The van der Waals surface area contributed by atoms with Gasteiger partial charge in [-0.3, -0.25) is 4.79 Å². The smallest absolute Gasteiger partial charge is 0.306 e. The fourth-order valence-corrected chi connectivity index (χ4v) is 2.65. The third-order valence-electron chi connectivity index (χ3n) is 3.84. The molecule has 1 atom stereocenters. The lowest BCUT2D eigenvalue weighted by Gasteiger charge is -2.36. The summed E-state index contributed by atoms with van der Waals surface area (Å²) in [6, 6.07) is 0. The van der Waals surface area contributed by atoms with E-state index in [-0.39, 0.29) is 11.0 Å². The van der Waals surface area contributed by atoms with Gasteiger partial charge in [0.15, 0.2) is 8.32 Å². The van der Waals surface area contributed by atoms with Gasteiger partial charge in [-0.2, -0.15) is 0 Å². The van der Waals surface area contributed by atoms with Crippen LogP contribution in [0.3, 0.4) is 0 Å². The molecule has 0 aliphatic heterocycles. The molecule has 0 saturated heterocycles. The van der Waals surface area contributed by atoms with Gasteiger partial charge in [0.2, 0.25) is 0 Å². The molecular formula is C14H30O3Si. The molecular weight excluding hydrogens is 244 g/mol. The molecule has 108 valence electrons. The fourth-order valence-electron chi connectivity index (χ4n) is 1.58. The van der Waals surface area contributed by atoms with Crippen LogP contribution in [0.2, 0.25) is 18.1 Å². The van der Waals surface area contributed by atoms with Crippen LogP contribution < -0.4 is 0 Å². The SMILES string of the molecule is CC(C)CC(CCO[Si](C)(C)C(C)(C)C)C(=O)O. The molecule has 0 aromatic rings. The lowest BCUT2D eigenvalue weighted by molar-refractivity contribution is -0.142. The topological polar surface area (TPSA) is 46.5 Å². The summed E-state index contributed by atoms with van der Waals surface area (Å²) in [7, 11) is -1.74. The van der Waals surface area contributed by atoms with Gasteiger partial charge < -0.3 is 9.53 Å². The van der Waals surface area contributed by atoms with Crippen molar-refractivity contribution in [3.05, 3.63) is 0 Å². The van der Waals surface area contributed by atoms with Crippen LogP contribution in [-0.2, 0) is 9.22 Å². The first-order valence-electron chi connectivity index (χ1n) is 6.84. The maximum absolute atomic E-state index is 11.1. The third kappa shape index (κ3) is 6.00. The molecule has 0 radical (unpaired) electrons. The molecule has 1 unspecified atom stereocenters. The lowest BCUT2D eigenvalue weighted by atomic mass is 9.95. The van der Waals surface area contributed by atoms with Crippen molar-refractivity contribution >= 4 is 14.3 Å². The maximum Gasteiger partial charge on any atom is 0.306 e. The number of carbonyl (C=O) groups is 1. The van der Waals surface area contributed by atoms with E-state index in [9.17, 15) is 4.79 Å². The normalized spacial score (nSPS) is 14.9. The Morgan fingerprint density at radius 3 is 2.11 bits per heavy atom. The van der Waals surface area contributed by atoms with Gasteiger partial charge in [0, 0.05) is 6.61 Å². The maximum atomic E-state index is 11.1. The van der Waals surface area contributed by atoms with Crippen molar-refractivity contribution in [2.75, 3.05) is 6.61 Å². The average Bonchev–Trinajstić information content (AvgIpc) is 2.13. The Kier molecular flexibility index (Phi) is 6.58. The quantitative estimate of drug-likeness (QED) is 0.710. The summed E-state index contributed by atoms with van der Waals surface area (Å²) in [6.45, 7) is 15.7. The van der Waals surface area contributed by atoms with E-state index in [2.05, 4.69) is 47.7 Å². The molecule has 18 heavy (non-hydrogen) atoms. The van der Waals surface area contributed by atoms with E-state index in [0.717, 1.165) is 6.42 Å². The molecule has 0 amide bonds. The molecule has 0 aromatic carbocycles. The van der Waals surface area contributed by atoms with Crippen molar-refractivity contribution in [3.63, 3.8) is 0 Å². The number of rotatable bonds is 7. The lowest BCUT2D eigenvalue weighted by Crippen LogP contribution is -2.41. The van der Waals surface area contributed by atoms with E-state index >= 15 is 0 Å². The molecule has 0 fully saturated rings. The Balaban J connectivity index is 4.27. The highest BCUT2D eigenvalue weighted by atomic mass is 28.4. The Hall–Kier alpha value is -0.353. The second-order valence-electron chi connectivity index (χ2n) is 7.06. The van der Waals surface area contributed by atoms with E-state index in [1.165, 1.54) is 0 Å². The highest BCUT2D eigenvalue weighted by Crippen LogP contribution is 2.36. The number of carboxylic acids is 1. The van der Waals surface area contributed by atoms with Gasteiger partial charge in [-0.25, -0.2) is 0 Å². The van der Waals surface area contributed by atoms with Crippen molar-refractivity contribution in [3.8, 4) is 0 Å². The van der Waals surface area contributed by atoms with Crippen LogP contribution in [0.5, 0.6) is 0 Å². The molecule has 0 heterocycles. The van der Waals surface area contributed by atoms with Crippen LogP contribution in [0.4, 0.5) is 0 Å². The van der Waals surface area contributed by atoms with E-state index < -0.39 is 14.3 Å². The number of carboxylic acid groups (broad SMARTS) is 1. The Labute approximate surface area is 113 Å². The molecule has 1 N–H and O–H groups in total. The van der Waals surface area contributed by atoms with Crippen LogP contribution in [0, 0.1) is 11.8 Å². The number of hydrogen-bond acceptors (Lipinski definition) is 2. The largest absolute Gasteiger partial charge is 0.481 e. The van der Waals surface area contributed by atoms with E-state index in [1.807, 2.05) is 0 Å². The summed E-state index contributed by atoms with van der Waals surface area (Å²) in [6.07, 6.45) is 1.36. The van der Waals surface area contributed by atoms with Gasteiger partial charge in [0.05, 0.1) is 5.92 Å². The van der Waals surface area contributed by atoms with Crippen molar-refractivity contribution in [2.24, 2.45) is 11.8 Å². The monoisotopic (exact) mass is 274 g/mol. The minimum Gasteiger partial charge on any atom is -0.481 e. The molecule has 0 aromatic heterocycles. The summed E-state index contributed by atoms with van der Waals surface area (Å²) in [4.78, 5) is 11.1. The molecule has 0 spiro atoms. The first kappa shape index (κ1) is 17.6. The van der Waals surface area contributed by atoms with E-state index in [0.29, 0.717) is 18.9 Å². The van der Waals surface area contributed by atoms with Crippen molar-refractivity contribution in [2.45, 2.75) is 65.6 Å². The third-order valence-corrected chi connectivity index (χ3v) is 8.38. The highest BCUT2D eigenvalue weighted by Gasteiger charge is 2.37. The zero-order valence-corrected chi connectivity index (χ0v) is 14.0. The van der Waals surface area contributed by atoms with Gasteiger partial charge in [0.25, 0.3) is 0 Å². The Morgan fingerprint density at radius 2 is 1.78 bits per heavy atom. The number of hydrogen-bond donors (Lipinski definition) is 1. The molecule has 0 saturated carbocycles. The van der Waals surface area contributed by atoms with Gasteiger partial charge in [-0.1, -0.05) is 34.6 Å². The van der Waals surface area contributed by atoms with Crippen LogP contribution >= 0.6 is 0 Å². The minimum absolute atomic E-state index is 0.184. The molecule has 0 bridgehead atoms. The second-order valence-corrected chi connectivity index (χ2v) is 11.9. The molecule has 3 nitrogen and oxygen atoms in total. The van der Waals surface area contributed by atoms with Crippen LogP contribution in [0.15, 0.2) is 0 Å². The average molecular weight is 274 g/mol. The van der Waals surface area contributed by atoms with Gasteiger partial charge in [0.1, 0.15) is 0 Å². The standard InChI is InChI=1S/C14H30O3Si/c1-11(2)10-12(13(15)16)8-9-17-18(6,7)14(3,4)5/h11-12H,8-10H2,1-7H3,(H,15,16). The molecule has 0 rings (SSSR count). The van der Waals surface area contributed by atoms with Gasteiger partial charge in [-0.05, 0) is 36.9 Å². The van der Waals surface area contributed by atoms with E-state index in [4.69, 9.17) is 9.53 Å². The van der Waals surface area contributed by atoms with Crippen LogP contribution in [0.25, 0.3) is 0 Å². The second kappa shape index (κ2) is 6.71. The minimum atomic E-state index is -1.74. The Bertz CT molecular complexity index is 267. The zero-order chi connectivity index (χ0) is 14.6. The molecule has 4 heteroatoms. The van der Waals surface area contributed by atoms with Gasteiger partial charge >= 0.3 is 5.97 Å². The predicted octanol–water partition coefficient (Wildman–Crippen LogP) is 4.15. The summed E-state index contributed by atoms with van der Waals surface area (Å²) in [5.74, 6) is -0.545. The molecule has 0 aliphatic rings. The van der Waals surface area contributed by atoms with Crippen molar-refractivity contribution < 1.29 is 14.3 Å². The predicted molar refractivity (Wildman–Crippen MR) is 78.3 cm³/mol. The first-order valence-corrected chi connectivity index (χ1v) is 9.75. The van der Waals surface area contributed by atoms with Crippen molar-refractivity contribution in [1.29, 1.82) is 0 Å². The van der Waals surface area contributed by atoms with Crippen LogP contribution in [0.1, 0.15) is 47.5 Å². The summed E-state index contributed by atoms with van der Waals surface area (Å²) in [5.41, 5.74) is 0. The zero-order valence-electron chi connectivity index (χ0n) is 13.0. The summed E-state index contributed by atoms with van der Waals surface area (Å²) < 4.78 is 6.03. The van der Waals surface area contributed by atoms with Crippen LogP contribution in [-0.4, -0.2) is 26.0 Å². The van der Waals surface area contributed by atoms with E-state index in [1.54, 1.807) is 0 Å². The molecule has 0 aliphatic carbocycles. The first-order chi connectivity index (χ1) is 7.97. The fraction of sp³-hybridized carbons (Fsp3) is 0.929. The highest BCUT2D eigenvalue weighted by molar-refractivity contribution is 6.74. The van der Waals surface area contributed by atoms with Gasteiger partial charge in [-0.15, -0.1) is 0 Å².